The van der Waals surface area contributed by atoms with Crippen LogP contribution in [0.2, 0.25) is 0 Å². The summed E-state index contributed by atoms with van der Waals surface area (Å²) in [6, 6.07) is -0.686. The summed E-state index contributed by atoms with van der Waals surface area (Å²) in [5.41, 5.74) is 0.335. The van der Waals surface area contributed by atoms with E-state index in [2.05, 4.69) is 19.9 Å². The minimum Gasteiger partial charge on any atom is -0.340 e. The maximum absolute atomic E-state index is 12.2. The molecule has 0 bridgehead atoms. The maximum atomic E-state index is 12.2. The zero-order valence-electron chi connectivity index (χ0n) is 11.9. The van der Waals surface area contributed by atoms with Crippen LogP contribution >= 0.6 is 0 Å². The molecule has 2 aromatic rings. The second-order valence-electron chi connectivity index (χ2n) is 5.30. The Morgan fingerprint density at radius 1 is 0.913 bits per heavy atom. The number of hydrogen-bond donors (Lipinski definition) is 2. The van der Waals surface area contributed by atoms with Gasteiger partial charge in [0.1, 0.15) is 11.4 Å². The quantitative estimate of drug-likeness (QED) is 0.728. The molecule has 2 aliphatic heterocycles. The first-order chi connectivity index (χ1) is 11.0. The van der Waals surface area contributed by atoms with Crippen molar-refractivity contribution in [3.63, 3.8) is 0 Å². The van der Waals surface area contributed by atoms with Crippen molar-refractivity contribution < 1.29 is 19.2 Å². The van der Waals surface area contributed by atoms with Crippen molar-refractivity contribution in [1.82, 2.24) is 29.7 Å². The third-order valence-corrected chi connectivity index (χ3v) is 3.93. The van der Waals surface area contributed by atoms with Gasteiger partial charge in [-0.15, -0.1) is 0 Å². The number of imidazole rings is 2. The van der Waals surface area contributed by atoms with Gasteiger partial charge >= 0.3 is 0 Å². The Morgan fingerprint density at radius 3 is 2.04 bits per heavy atom. The number of nitrogens with zero attached hydrogens (tertiary/aromatic N) is 4. The highest BCUT2D eigenvalue weighted by Crippen LogP contribution is 2.24. The minimum atomic E-state index is -0.686. The Labute approximate surface area is 128 Å². The number of hydrogen-bond acceptors (Lipinski definition) is 6. The van der Waals surface area contributed by atoms with E-state index in [-0.39, 0.29) is 29.3 Å². The Bertz CT molecular complexity index is 820. The SMILES string of the molecule is CC(CN1C(=O)c2nc[nH]c2C1=O)N1C(=O)c2nc[nH]c2C1=O. The van der Waals surface area contributed by atoms with Gasteiger partial charge in [-0.3, -0.25) is 29.0 Å². The van der Waals surface area contributed by atoms with Crippen LogP contribution in [0.1, 0.15) is 48.9 Å². The summed E-state index contributed by atoms with van der Waals surface area (Å²) >= 11 is 0. The fraction of sp³-hybridized carbons (Fsp3) is 0.231. The minimum absolute atomic E-state index is 0.0489. The van der Waals surface area contributed by atoms with Crippen LogP contribution in [-0.4, -0.2) is 66.0 Å². The van der Waals surface area contributed by atoms with Crippen molar-refractivity contribution in [1.29, 1.82) is 0 Å². The Hall–Kier alpha value is -3.30. The van der Waals surface area contributed by atoms with E-state index in [1.807, 2.05) is 0 Å². The molecule has 10 heteroatoms. The first-order valence-corrected chi connectivity index (χ1v) is 6.81. The third kappa shape index (κ3) is 1.62. The molecule has 4 heterocycles. The van der Waals surface area contributed by atoms with Crippen molar-refractivity contribution in [3.05, 3.63) is 35.4 Å². The smallest absolute Gasteiger partial charge is 0.282 e. The van der Waals surface area contributed by atoms with E-state index in [1.54, 1.807) is 6.92 Å². The molecule has 2 N–H and O–H groups in total. The average Bonchev–Trinajstić information content (AvgIpc) is 3.25. The van der Waals surface area contributed by atoms with Gasteiger partial charge in [-0.2, -0.15) is 0 Å². The van der Waals surface area contributed by atoms with Crippen LogP contribution in [0.4, 0.5) is 0 Å². The molecule has 0 aromatic carbocycles. The molecule has 1 unspecified atom stereocenters. The predicted molar refractivity (Wildman–Crippen MR) is 72.5 cm³/mol. The number of aromatic nitrogens is 4. The number of aromatic amines is 2. The molecule has 2 aromatic heterocycles. The van der Waals surface area contributed by atoms with E-state index in [4.69, 9.17) is 0 Å². The number of amides is 4. The van der Waals surface area contributed by atoms with E-state index in [0.29, 0.717) is 0 Å². The van der Waals surface area contributed by atoms with Gasteiger partial charge in [-0.25, -0.2) is 9.97 Å². The van der Waals surface area contributed by atoms with Crippen molar-refractivity contribution in [3.8, 4) is 0 Å². The fourth-order valence-corrected chi connectivity index (χ4v) is 2.83. The zero-order valence-corrected chi connectivity index (χ0v) is 11.9. The summed E-state index contributed by atoms with van der Waals surface area (Å²) in [5.74, 6) is -2.14. The van der Waals surface area contributed by atoms with E-state index in [9.17, 15) is 19.2 Å². The van der Waals surface area contributed by atoms with Crippen LogP contribution in [0, 0.1) is 0 Å². The number of carbonyl (C=O) groups is 4. The summed E-state index contributed by atoms with van der Waals surface area (Å²) in [6.45, 7) is 1.48. The van der Waals surface area contributed by atoms with Crippen LogP contribution in [0.15, 0.2) is 12.7 Å². The maximum Gasteiger partial charge on any atom is 0.282 e. The number of carbonyl (C=O) groups excluding carboxylic acids is 4. The lowest BCUT2D eigenvalue weighted by molar-refractivity contribution is 0.0487. The molecule has 1 atom stereocenters. The van der Waals surface area contributed by atoms with Crippen molar-refractivity contribution in [2.45, 2.75) is 13.0 Å². The predicted octanol–water partition coefficient (Wildman–Crippen LogP) is -0.586. The summed E-state index contributed by atoms with van der Waals surface area (Å²) in [4.78, 5) is 63.6. The van der Waals surface area contributed by atoms with Gasteiger partial charge < -0.3 is 9.97 Å². The highest BCUT2D eigenvalue weighted by molar-refractivity contribution is 6.21. The van der Waals surface area contributed by atoms with E-state index in [1.165, 1.54) is 12.7 Å². The van der Waals surface area contributed by atoms with E-state index >= 15 is 0 Å². The molecule has 0 spiro atoms. The molecule has 0 saturated heterocycles. The number of H-pyrrole nitrogens is 2. The Balaban J connectivity index is 1.57. The number of rotatable bonds is 3. The molecule has 0 radical (unpaired) electrons. The van der Waals surface area contributed by atoms with Gasteiger partial charge in [0.25, 0.3) is 23.6 Å². The normalized spacial score (nSPS) is 18.0. The van der Waals surface area contributed by atoms with Crippen LogP contribution in [0.25, 0.3) is 0 Å². The first-order valence-electron chi connectivity index (χ1n) is 6.81. The van der Waals surface area contributed by atoms with Crippen LogP contribution in [-0.2, 0) is 0 Å². The molecule has 2 aliphatic rings. The van der Waals surface area contributed by atoms with Crippen molar-refractivity contribution in [2.24, 2.45) is 0 Å². The van der Waals surface area contributed by atoms with Crippen LogP contribution < -0.4 is 0 Å². The molecule has 4 rings (SSSR count). The molecule has 23 heavy (non-hydrogen) atoms. The van der Waals surface area contributed by atoms with Gasteiger partial charge in [-0.1, -0.05) is 0 Å². The Kier molecular flexibility index (Phi) is 2.53. The summed E-state index contributed by atoms with van der Waals surface area (Å²) in [7, 11) is 0. The van der Waals surface area contributed by atoms with Gasteiger partial charge in [-0.05, 0) is 6.92 Å². The molecular weight excluding hydrogens is 304 g/mol. The number of nitrogens with one attached hydrogen (secondary N) is 2. The molecule has 0 saturated carbocycles. The van der Waals surface area contributed by atoms with Crippen molar-refractivity contribution in [2.75, 3.05) is 6.54 Å². The lowest BCUT2D eigenvalue weighted by Gasteiger charge is -2.25. The number of fused-ring (bicyclic) bond motifs is 2. The fourth-order valence-electron chi connectivity index (χ4n) is 2.83. The molecule has 4 amide bonds. The van der Waals surface area contributed by atoms with Crippen LogP contribution in [0.3, 0.4) is 0 Å². The monoisotopic (exact) mass is 314 g/mol. The zero-order chi connectivity index (χ0) is 16.3. The molecule has 0 fully saturated rings. The van der Waals surface area contributed by atoms with E-state index < -0.39 is 29.7 Å². The molecule has 10 nitrogen and oxygen atoms in total. The highest BCUT2D eigenvalue weighted by Gasteiger charge is 2.44. The van der Waals surface area contributed by atoms with Gasteiger partial charge in [0.15, 0.2) is 11.4 Å². The van der Waals surface area contributed by atoms with E-state index in [0.717, 1.165) is 9.80 Å². The van der Waals surface area contributed by atoms with Gasteiger partial charge in [0.05, 0.1) is 25.2 Å². The molecule has 0 aliphatic carbocycles. The first kappa shape index (κ1) is 13.4. The van der Waals surface area contributed by atoms with Gasteiger partial charge in [0, 0.05) is 0 Å². The topological polar surface area (TPSA) is 132 Å². The second kappa shape index (κ2) is 4.35. The largest absolute Gasteiger partial charge is 0.340 e. The highest BCUT2D eigenvalue weighted by atomic mass is 16.2. The summed E-state index contributed by atoms with van der Waals surface area (Å²) in [5, 5.41) is 0. The molecular formula is C13H10N6O4. The summed E-state index contributed by atoms with van der Waals surface area (Å²) < 4.78 is 0. The van der Waals surface area contributed by atoms with Crippen molar-refractivity contribution >= 4 is 23.6 Å². The second-order valence-corrected chi connectivity index (χ2v) is 5.30. The third-order valence-electron chi connectivity index (χ3n) is 3.93. The lowest BCUT2D eigenvalue weighted by Crippen LogP contribution is -2.47. The van der Waals surface area contributed by atoms with Gasteiger partial charge in [0.2, 0.25) is 0 Å². The van der Waals surface area contributed by atoms with Crippen LogP contribution in [0.5, 0.6) is 0 Å². The molecule has 116 valence electrons. The summed E-state index contributed by atoms with van der Waals surface area (Å²) in [6.07, 6.45) is 2.54. The lowest BCUT2D eigenvalue weighted by atomic mass is 10.2. The Morgan fingerprint density at radius 2 is 1.48 bits per heavy atom. The average molecular weight is 314 g/mol. The number of imide groups is 2. The standard InChI is InChI=1S/C13H10N6O4/c1-5(19-12(22)8-9(13(19)23)17-4-16-8)2-18-10(20)6-7(11(18)21)15-3-14-6/h3-5H,2H2,1H3,(H,14,15)(H,16,17).